The fourth-order valence-electron chi connectivity index (χ4n) is 3.05. The second-order valence-corrected chi connectivity index (χ2v) is 7.59. The van der Waals surface area contributed by atoms with E-state index in [1.165, 1.54) is 11.8 Å². The third-order valence-electron chi connectivity index (χ3n) is 4.37. The lowest BCUT2D eigenvalue weighted by Gasteiger charge is -2.28. The molecule has 0 N–H and O–H groups in total. The molecule has 4 rings (SSSR count). The lowest BCUT2D eigenvalue weighted by Crippen LogP contribution is -2.38. The smallest absolute Gasteiger partial charge is 0.194 e. The third-order valence-corrected chi connectivity index (χ3v) is 5.80. The molecule has 0 unspecified atom stereocenters. The van der Waals surface area contributed by atoms with Crippen molar-refractivity contribution in [3.05, 3.63) is 64.7 Å². The lowest BCUT2D eigenvalue weighted by molar-refractivity contribution is 0.0702. The van der Waals surface area contributed by atoms with E-state index in [1.807, 2.05) is 6.07 Å². The lowest BCUT2D eigenvalue weighted by atomic mass is 9.84. The van der Waals surface area contributed by atoms with Crippen molar-refractivity contribution < 1.29 is 14.3 Å². The average molecular weight is 369 g/mol. The van der Waals surface area contributed by atoms with E-state index in [0.717, 1.165) is 22.3 Å². The first kappa shape index (κ1) is 16.4. The van der Waals surface area contributed by atoms with E-state index in [0.29, 0.717) is 35.5 Å². The number of fused-ring (bicyclic) bond motifs is 2. The van der Waals surface area contributed by atoms with Gasteiger partial charge in [-0.1, -0.05) is 48.2 Å². The van der Waals surface area contributed by atoms with Crippen LogP contribution in [-0.4, -0.2) is 47.1 Å². The van der Waals surface area contributed by atoms with E-state index in [2.05, 4.69) is 4.90 Å². The van der Waals surface area contributed by atoms with Gasteiger partial charge in [0.15, 0.2) is 11.6 Å². The zero-order valence-corrected chi connectivity index (χ0v) is 15.0. The Kier molecular flexibility index (Phi) is 4.41. The van der Waals surface area contributed by atoms with Gasteiger partial charge >= 0.3 is 0 Å². The number of benzene rings is 2. The first-order valence-corrected chi connectivity index (χ1v) is 9.24. The highest BCUT2D eigenvalue weighted by Crippen LogP contribution is 2.31. The molecule has 25 heavy (non-hydrogen) atoms. The van der Waals surface area contributed by atoms with Crippen LogP contribution in [0.4, 0.5) is 0 Å². The Labute approximate surface area is 155 Å². The van der Waals surface area contributed by atoms with Gasteiger partial charge in [-0.05, 0) is 18.2 Å². The third kappa shape index (κ3) is 3.01. The SMILES string of the molecule is O=C1c2ccccc2C(=O)c2cc(SC(=S)N3CCOCC3)ccc21. The van der Waals surface area contributed by atoms with E-state index in [4.69, 9.17) is 17.0 Å². The predicted octanol–water partition coefficient (Wildman–Crippen LogP) is 3.17. The molecule has 0 amide bonds. The van der Waals surface area contributed by atoms with Gasteiger partial charge in [0.2, 0.25) is 0 Å². The Bertz CT molecular complexity index is 888. The van der Waals surface area contributed by atoms with E-state index in [1.54, 1.807) is 36.4 Å². The minimum Gasteiger partial charge on any atom is -0.378 e. The number of hydrogen-bond acceptors (Lipinski definition) is 5. The number of morpholine rings is 1. The van der Waals surface area contributed by atoms with Gasteiger partial charge in [-0.15, -0.1) is 0 Å². The Morgan fingerprint density at radius 2 is 1.52 bits per heavy atom. The van der Waals surface area contributed by atoms with Gasteiger partial charge in [-0.2, -0.15) is 0 Å². The number of rotatable bonds is 1. The van der Waals surface area contributed by atoms with Gasteiger partial charge in [0.05, 0.1) is 13.2 Å². The second-order valence-electron chi connectivity index (χ2n) is 5.88. The van der Waals surface area contributed by atoms with Crippen molar-refractivity contribution in [1.82, 2.24) is 4.90 Å². The van der Waals surface area contributed by atoms with Crippen LogP contribution in [0.1, 0.15) is 31.8 Å². The van der Waals surface area contributed by atoms with Crippen LogP contribution in [0.25, 0.3) is 0 Å². The zero-order chi connectivity index (χ0) is 17.4. The molecule has 1 aliphatic heterocycles. The summed E-state index contributed by atoms with van der Waals surface area (Å²) in [4.78, 5) is 28.4. The molecule has 6 heteroatoms. The van der Waals surface area contributed by atoms with Crippen LogP contribution < -0.4 is 0 Å². The van der Waals surface area contributed by atoms with E-state index < -0.39 is 0 Å². The van der Waals surface area contributed by atoms with Crippen LogP contribution in [0, 0.1) is 0 Å². The Hall–Kier alpha value is -2.02. The molecule has 126 valence electrons. The summed E-state index contributed by atoms with van der Waals surface area (Å²) in [5, 5.41) is 0. The van der Waals surface area contributed by atoms with Crippen molar-refractivity contribution in [3.63, 3.8) is 0 Å². The van der Waals surface area contributed by atoms with Crippen molar-refractivity contribution in [2.45, 2.75) is 4.90 Å². The first-order chi connectivity index (χ1) is 12.1. The summed E-state index contributed by atoms with van der Waals surface area (Å²) in [5.41, 5.74) is 1.87. The molecule has 1 fully saturated rings. The molecule has 2 aromatic rings. The maximum absolute atomic E-state index is 12.8. The minimum absolute atomic E-state index is 0.0995. The van der Waals surface area contributed by atoms with Crippen molar-refractivity contribution in [2.75, 3.05) is 26.3 Å². The number of ether oxygens (including phenoxy) is 1. The van der Waals surface area contributed by atoms with Gasteiger partial charge in [0.1, 0.15) is 4.32 Å². The van der Waals surface area contributed by atoms with Crippen LogP contribution in [0.15, 0.2) is 47.4 Å². The van der Waals surface area contributed by atoms with Crippen LogP contribution in [0.2, 0.25) is 0 Å². The fraction of sp³-hybridized carbons (Fsp3) is 0.211. The number of carbonyl (C=O) groups is 2. The molecule has 4 nitrogen and oxygen atoms in total. The standard InChI is InChI=1S/C19H15NO3S2/c21-17-13-3-1-2-4-14(13)18(22)16-11-12(5-6-15(16)17)25-19(24)20-7-9-23-10-8-20/h1-6,11H,7-10H2. The van der Waals surface area contributed by atoms with Crippen LogP contribution in [0.5, 0.6) is 0 Å². The molecule has 0 atom stereocenters. The number of nitrogens with zero attached hydrogens (tertiary/aromatic N) is 1. The molecule has 0 radical (unpaired) electrons. The maximum Gasteiger partial charge on any atom is 0.194 e. The highest BCUT2D eigenvalue weighted by Gasteiger charge is 2.29. The molecule has 0 bridgehead atoms. The van der Waals surface area contributed by atoms with Crippen LogP contribution >= 0.6 is 24.0 Å². The second kappa shape index (κ2) is 6.71. The predicted molar refractivity (Wildman–Crippen MR) is 101 cm³/mol. The van der Waals surface area contributed by atoms with Crippen molar-refractivity contribution in [1.29, 1.82) is 0 Å². The number of ketones is 2. The molecule has 1 aliphatic carbocycles. The summed E-state index contributed by atoms with van der Waals surface area (Å²) in [6, 6.07) is 12.3. The normalized spacial score (nSPS) is 16.4. The Morgan fingerprint density at radius 1 is 0.920 bits per heavy atom. The van der Waals surface area contributed by atoms with Crippen LogP contribution in [0.3, 0.4) is 0 Å². The molecule has 2 aliphatic rings. The summed E-state index contributed by atoms with van der Waals surface area (Å²) in [5.74, 6) is -0.206. The summed E-state index contributed by atoms with van der Waals surface area (Å²) in [6.45, 7) is 2.91. The summed E-state index contributed by atoms with van der Waals surface area (Å²) in [7, 11) is 0. The number of thiocarbonyl (C=S) groups is 1. The fourth-order valence-corrected chi connectivity index (χ4v) is 4.35. The number of carbonyl (C=O) groups excluding carboxylic acids is 2. The quantitative estimate of drug-likeness (QED) is 0.485. The van der Waals surface area contributed by atoms with Gasteiger partial charge in [0.25, 0.3) is 0 Å². The van der Waals surface area contributed by atoms with Gasteiger partial charge in [0, 0.05) is 40.2 Å². The largest absolute Gasteiger partial charge is 0.378 e. The highest BCUT2D eigenvalue weighted by molar-refractivity contribution is 8.22. The molecule has 0 aromatic heterocycles. The van der Waals surface area contributed by atoms with Crippen LogP contribution in [-0.2, 0) is 4.74 Å². The summed E-state index contributed by atoms with van der Waals surface area (Å²) < 4.78 is 6.10. The number of thioether (sulfide) groups is 1. The topological polar surface area (TPSA) is 46.6 Å². The molecule has 2 aromatic carbocycles. The Balaban J connectivity index is 1.63. The zero-order valence-electron chi connectivity index (χ0n) is 13.4. The average Bonchev–Trinajstić information content (AvgIpc) is 2.67. The number of hydrogen-bond donors (Lipinski definition) is 0. The van der Waals surface area contributed by atoms with Gasteiger partial charge in [-0.25, -0.2) is 0 Å². The maximum atomic E-state index is 12.8. The monoisotopic (exact) mass is 369 g/mol. The van der Waals surface area contributed by atoms with Gasteiger partial charge in [-0.3, -0.25) is 9.59 Å². The molecule has 1 heterocycles. The van der Waals surface area contributed by atoms with Crippen molar-refractivity contribution in [3.8, 4) is 0 Å². The van der Waals surface area contributed by atoms with E-state index >= 15 is 0 Å². The summed E-state index contributed by atoms with van der Waals surface area (Å²) in [6.07, 6.45) is 0. The van der Waals surface area contributed by atoms with E-state index in [9.17, 15) is 9.59 Å². The van der Waals surface area contributed by atoms with Gasteiger partial charge < -0.3 is 9.64 Å². The van der Waals surface area contributed by atoms with E-state index in [-0.39, 0.29) is 11.6 Å². The Morgan fingerprint density at radius 3 is 2.20 bits per heavy atom. The van der Waals surface area contributed by atoms with Crippen molar-refractivity contribution >= 4 is 39.9 Å². The van der Waals surface area contributed by atoms with Crippen molar-refractivity contribution in [2.24, 2.45) is 0 Å². The highest BCUT2D eigenvalue weighted by atomic mass is 32.2. The minimum atomic E-state index is -0.107. The molecular weight excluding hydrogens is 354 g/mol. The summed E-state index contributed by atoms with van der Waals surface area (Å²) >= 11 is 6.95. The molecular formula is C19H15NO3S2. The molecule has 1 saturated heterocycles. The molecule has 0 spiro atoms. The molecule has 0 saturated carbocycles. The first-order valence-electron chi connectivity index (χ1n) is 8.02.